The Morgan fingerprint density at radius 3 is 2.03 bits per heavy atom. The summed E-state index contributed by atoms with van der Waals surface area (Å²) in [5.41, 5.74) is 5.08. The number of benzene rings is 3. The number of amides is 2. The SMILES string of the molecule is CCc1ccc(C(=O)N2CCN(c3ccc(NC(=O)COc4ccc(C(C)(C)C)cc4)cc3)CC2)cc1. The van der Waals surface area contributed by atoms with Crippen LogP contribution in [0.15, 0.2) is 72.8 Å². The maximum atomic E-state index is 12.8. The van der Waals surface area contributed by atoms with Crippen molar-refractivity contribution < 1.29 is 14.3 Å². The molecular formula is C31H37N3O3. The Bertz CT molecular complexity index is 1190. The minimum absolute atomic E-state index is 0.0478. The van der Waals surface area contributed by atoms with E-state index in [0.29, 0.717) is 18.8 Å². The molecule has 1 aliphatic rings. The summed E-state index contributed by atoms with van der Waals surface area (Å²) in [6, 6.07) is 23.6. The van der Waals surface area contributed by atoms with Gasteiger partial charge in [-0.3, -0.25) is 9.59 Å². The Balaban J connectivity index is 1.23. The average molecular weight is 500 g/mol. The zero-order chi connectivity index (χ0) is 26.4. The van der Waals surface area contributed by atoms with Crippen LogP contribution in [0.25, 0.3) is 0 Å². The van der Waals surface area contributed by atoms with E-state index in [2.05, 4.69) is 37.9 Å². The van der Waals surface area contributed by atoms with Crippen LogP contribution in [-0.4, -0.2) is 49.5 Å². The summed E-state index contributed by atoms with van der Waals surface area (Å²) in [6.07, 6.45) is 0.968. The number of carbonyl (C=O) groups is 2. The van der Waals surface area contributed by atoms with E-state index in [1.165, 1.54) is 11.1 Å². The van der Waals surface area contributed by atoms with Crippen LogP contribution in [-0.2, 0) is 16.6 Å². The Labute approximate surface area is 220 Å². The average Bonchev–Trinajstić information content (AvgIpc) is 2.92. The van der Waals surface area contributed by atoms with Gasteiger partial charge in [-0.25, -0.2) is 0 Å². The molecule has 0 saturated carbocycles. The summed E-state index contributed by atoms with van der Waals surface area (Å²) < 4.78 is 5.65. The highest BCUT2D eigenvalue weighted by Crippen LogP contribution is 2.24. The number of carbonyl (C=O) groups excluding carboxylic acids is 2. The van der Waals surface area contributed by atoms with Crippen molar-refractivity contribution in [3.8, 4) is 5.75 Å². The molecule has 0 radical (unpaired) electrons. The zero-order valence-corrected chi connectivity index (χ0v) is 22.3. The van der Waals surface area contributed by atoms with E-state index in [-0.39, 0.29) is 23.8 Å². The lowest BCUT2D eigenvalue weighted by atomic mass is 9.87. The van der Waals surface area contributed by atoms with E-state index in [1.54, 1.807) is 0 Å². The number of hydrogen-bond donors (Lipinski definition) is 1. The highest BCUT2D eigenvalue weighted by Gasteiger charge is 2.22. The summed E-state index contributed by atoms with van der Waals surface area (Å²) in [5.74, 6) is 0.563. The summed E-state index contributed by atoms with van der Waals surface area (Å²) in [7, 11) is 0. The number of anilines is 2. The van der Waals surface area contributed by atoms with Gasteiger partial charge in [-0.1, -0.05) is 52.0 Å². The molecule has 0 aliphatic carbocycles. The number of nitrogens with one attached hydrogen (secondary N) is 1. The van der Waals surface area contributed by atoms with Crippen LogP contribution in [0.5, 0.6) is 5.75 Å². The fourth-order valence-corrected chi connectivity index (χ4v) is 4.39. The quantitative estimate of drug-likeness (QED) is 0.465. The minimum atomic E-state index is -0.202. The molecular weight excluding hydrogens is 462 g/mol. The fraction of sp³-hybridized carbons (Fsp3) is 0.355. The van der Waals surface area contributed by atoms with Gasteiger partial charge >= 0.3 is 0 Å². The first-order valence-electron chi connectivity index (χ1n) is 13.0. The Morgan fingerprint density at radius 1 is 0.838 bits per heavy atom. The Morgan fingerprint density at radius 2 is 1.46 bits per heavy atom. The molecule has 3 aromatic rings. The first kappa shape index (κ1) is 26.3. The van der Waals surface area contributed by atoms with E-state index in [1.807, 2.05) is 77.7 Å². The molecule has 0 atom stereocenters. The second kappa shape index (κ2) is 11.5. The Hall–Kier alpha value is -3.80. The summed E-state index contributed by atoms with van der Waals surface area (Å²) in [4.78, 5) is 29.4. The molecule has 2 amide bonds. The third-order valence-electron chi connectivity index (χ3n) is 6.78. The van der Waals surface area contributed by atoms with Crippen molar-refractivity contribution in [3.63, 3.8) is 0 Å². The van der Waals surface area contributed by atoms with Gasteiger partial charge in [0, 0.05) is 43.1 Å². The first-order valence-corrected chi connectivity index (χ1v) is 13.0. The monoisotopic (exact) mass is 499 g/mol. The second-order valence-electron chi connectivity index (χ2n) is 10.5. The maximum absolute atomic E-state index is 12.8. The predicted octanol–water partition coefficient (Wildman–Crippen LogP) is 5.53. The molecule has 0 spiro atoms. The number of hydrogen-bond acceptors (Lipinski definition) is 4. The van der Waals surface area contributed by atoms with Gasteiger partial charge in [0.2, 0.25) is 0 Å². The van der Waals surface area contributed by atoms with E-state index in [9.17, 15) is 9.59 Å². The third kappa shape index (κ3) is 6.91. The smallest absolute Gasteiger partial charge is 0.262 e. The lowest BCUT2D eigenvalue weighted by Crippen LogP contribution is -2.48. The molecule has 3 aromatic carbocycles. The highest BCUT2D eigenvalue weighted by atomic mass is 16.5. The molecule has 6 nitrogen and oxygen atoms in total. The van der Waals surface area contributed by atoms with Crippen LogP contribution in [0.3, 0.4) is 0 Å². The van der Waals surface area contributed by atoms with Crippen molar-refractivity contribution in [2.75, 3.05) is 43.0 Å². The van der Waals surface area contributed by atoms with Crippen molar-refractivity contribution in [1.82, 2.24) is 4.90 Å². The summed E-state index contributed by atoms with van der Waals surface area (Å²) in [5, 5.41) is 2.89. The third-order valence-corrected chi connectivity index (χ3v) is 6.78. The fourth-order valence-electron chi connectivity index (χ4n) is 4.39. The Kier molecular flexibility index (Phi) is 8.17. The van der Waals surface area contributed by atoms with E-state index in [0.717, 1.165) is 36.4 Å². The van der Waals surface area contributed by atoms with Crippen molar-refractivity contribution >= 4 is 23.2 Å². The van der Waals surface area contributed by atoms with Crippen LogP contribution >= 0.6 is 0 Å². The van der Waals surface area contributed by atoms with Crippen molar-refractivity contribution in [2.24, 2.45) is 0 Å². The van der Waals surface area contributed by atoms with Gasteiger partial charge < -0.3 is 19.9 Å². The van der Waals surface area contributed by atoms with Crippen molar-refractivity contribution in [3.05, 3.63) is 89.5 Å². The van der Waals surface area contributed by atoms with Gasteiger partial charge in [0.25, 0.3) is 11.8 Å². The molecule has 1 fully saturated rings. The molecule has 194 valence electrons. The molecule has 1 aliphatic heterocycles. The second-order valence-corrected chi connectivity index (χ2v) is 10.5. The first-order chi connectivity index (χ1) is 17.7. The van der Waals surface area contributed by atoms with Crippen LogP contribution in [0.4, 0.5) is 11.4 Å². The molecule has 37 heavy (non-hydrogen) atoms. The number of rotatable bonds is 7. The van der Waals surface area contributed by atoms with Gasteiger partial charge in [-0.15, -0.1) is 0 Å². The standard InChI is InChI=1S/C31H37N3O3/c1-5-23-6-8-24(9-7-23)30(36)34-20-18-33(19-21-34)27-14-12-26(13-15-27)32-29(35)22-37-28-16-10-25(11-17-28)31(2,3)4/h6-17H,5,18-22H2,1-4H3,(H,32,35). The van der Waals surface area contributed by atoms with Gasteiger partial charge in [0.05, 0.1) is 0 Å². The number of aryl methyl sites for hydroxylation is 1. The highest BCUT2D eigenvalue weighted by molar-refractivity contribution is 5.94. The lowest BCUT2D eigenvalue weighted by molar-refractivity contribution is -0.118. The molecule has 0 unspecified atom stereocenters. The number of nitrogens with zero attached hydrogens (tertiary/aromatic N) is 2. The van der Waals surface area contributed by atoms with Gasteiger partial charge in [0.1, 0.15) is 5.75 Å². The number of ether oxygens (including phenoxy) is 1. The largest absolute Gasteiger partial charge is 0.484 e. The van der Waals surface area contributed by atoms with Crippen molar-refractivity contribution in [1.29, 1.82) is 0 Å². The van der Waals surface area contributed by atoms with Gasteiger partial charge in [-0.05, 0) is 71.5 Å². The van der Waals surface area contributed by atoms with Crippen LogP contribution in [0.2, 0.25) is 0 Å². The van der Waals surface area contributed by atoms with Gasteiger partial charge in [-0.2, -0.15) is 0 Å². The van der Waals surface area contributed by atoms with E-state index in [4.69, 9.17) is 4.74 Å². The molecule has 1 N–H and O–H groups in total. The maximum Gasteiger partial charge on any atom is 0.262 e. The van der Waals surface area contributed by atoms with Gasteiger partial charge in [0.15, 0.2) is 6.61 Å². The molecule has 0 bridgehead atoms. The summed E-state index contributed by atoms with van der Waals surface area (Å²) in [6.45, 7) is 11.5. The van der Waals surface area contributed by atoms with Crippen LogP contribution in [0, 0.1) is 0 Å². The topological polar surface area (TPSA) is 61.9 Å². The molecule has 4 rings (SSSR count). The van der Waals surface area contributed by atoms with Crippen molar-refractivity contribution in [2.45, 2.75) is 39.5 Å². The molecule has 1 saturated heterocycles. The molecule has 1 heterocycles. The molecule has 0 aromatic heterocycles. The van der Waals surface area contributed by atoms with E-state index >= 15 is 0 Å². The van der Waals surface area contributed by atoms with Crippen LogP contribution in [0.1, 0.15) is 49.2 Å². The van der Waals surface area contributed by atoms with E-state index < -0.39 is 0 Å². The molecule has 6 heteroatoms. The zero-order valence-electron chi connectivity index (χ0n) is 22.3. The lowest BCUT2D eigenvalue weighted by Gasteiger charge is -2.36. The predicted molar refractivity (Wildman–Crippen MR) is 150 cm³/mol. The minimum Gasteiger partial charge on any atom is -0.484 e. The summed E-state index contributed by atoms with van der Waals surface area (Å²) >= 11 is 0. The van der Waals surface area contributed by atoms with Crippen LogP contribution < -0.4 is 15.0 Å². The normalized spacial score (nSPS) is 13.8. The number of piperazine rings is 1.